The average Bonchev–Trinajstić information content (AvgIpc) is 2.08. The first kappa shape index (κ1) is 9.04. The molecule has 0 saturated heterocycles. The van der Waals surface area contributed by atoms with Crippen molar-refractivity contribution in [1.82, 2.24) is 0 Å². The molecule has 1 aliphatic rings. The van der Waals surface area contributed by atoms with Crippen LogP contribution < -0.4 is 5.19 Å². The quantitative estimate of drug-likeness (QED) is 0.523. The zero-order valence-electron chi connectivity index (χ0n) is 7.39. The molecule has 0 unspecified atom stereocenters. The van der Waals surface area contributed by atoms with E-state index in [1.807, 2.05) is 6.08 Å². The Morgan fingerprint density at radius 2 is 2.31 bits per heavy atom. The third kappa shape index (κ3) is 1.87. The summed E-state index contributed by atoms with van der Waals surface area (Å²) < 4.78 is 0. The standard InChI is InChI=1S/C11H11ClSi/c12-7-2-8-13-11-4-1-3-9-5-6-10(9)11/h1-4,8H,5-7H2. The lowest BCUT2D eigenvalue weighted by atomic mass is 9.89. The third-order valence-electron chi connectivity index (χ3n) is 2.36. The fourth-order valence-electron chi connectivity index (χ4n) is 1.58. The van der Waals surface area contributed by atoms with Gasteiger partial charge in [0.1, 0.15) is 9.52 Å². The van der Waals surface area contributed by atoms with Crippen LogP contribution >= 0.6 is 11.6 Å². The molecule has 0 spiro atoms. The number of hydrogen-bond donors (Lipinski definition) is 0. The van der Waals surface area contributed by atoms with E-state index >= 15 is 0 Å². The van der Waals surface area contributed by atoms with E-state index < -0.39 is 0 Å². The van der Waals surface area contributed by atoms with Crippen molar-refractivity contribution in [3.8, 4) is 0 Å². The molecule has 13 heavy (non-hydrogen) atoms. The summed E-state index contributed by atoms with van der Waals surface area (Å²) in [6.07, 6.45) is 4.57. The first-order valence-corrected chi connectivity index (χ1v) is 6.11. The van der Waals surface area contributed by atoms with Crippen LogP contribution in [0.15, 0.2) is 30.0 Å². The maximum absolute atomic E-state index is 5.57. The van der Waals surface area contributed by atoms with Gasteiger partial charge in [-0.05, 0) is 24.0 Å². The van der Waals surface area contributed by atoms with Crippen LogP contribution in [0.5, 0.6) is 0 Å². The summed E-state index contributed by atoms with van der Waals surface area (Å²) in [5.41, 5.74) is 5.31. The zero-order valence-corrected chi connectivity index (χ0v) is 9.14. The highest BCUT2D eigenvalue weighted by molar-refractivity contribution is 6.59. The van der Waals surface area contributed by atoms with Crippen LogP contribution in [0.3, 0.4) is 0 Å². The van der Waals surface area contributed by atoms with E-state index in [1.165, 1.54) is 18.0 Å². The van der Waals surface area contributed by atoms with E-state index in [9.17, 15) is 0 Å². The molecule has 0 saturated carbocycles. The van der Waals surface area contributed by atoms with Gasteiger partial charge in [-0.25, -0.2) is 0 Å². The Bertz CT molecular complexity index is 331. The topological polar surface area (TPSA) is 0 Å². The minimum atomic E-state index is 0.627. The normalized spacial score (nSPS) is 14.2. The maximum Gasteiger partial charge on any atom is 0.111 e. The molecule has 0 heterocycles. The van der Waals surface area contributed by atoms with Crippen molar-refractivity contribution in [3.05, 3.63) is 41.1 Å². The Morgan fingerprint density at radius 1 is 1.38 bits per heavy atom. The van der Waals surface area contributed by atoms with Crippen LogP contribution in [-0.4, -0.2) is 15.4 Å². The van der Waals surface area contributed by atoms with Crippen LogP contribution in [0, 0.1) is 0 Å². The number of fused-ring (bicyclic) bond motifs is 1. The largest absolute Gasteiger partial charge is 0.122 e. The summed E-state index contributed by atoms with van der Waals surface area (Å²) in [6, 6.07) is 6.63. The van der Waals surface area contributed by atoms with Crippen LogP contribution in [0.2, 0.25) is 0 Å². The highest BCUT2D eigenvalue weighted by Crippen LogP contribution is 2.19. The number of alkyl halides is 1. The van der Waals surface area contributed by atoms with Crippen LogP contribution in [0.25, 0.3) is 0 Å². The number of aryl methyl sites for hydroxylation is 1. The van der Waals surface area contributed by atoms with E-state index in [-0.39, 0.29) is 0 Å². The Hall–Kier alpha value is -0.533. The van der Waals surface area contributed by atoms with E-state index in [0.29, 0.717) is 5.88 Å². The van der Waals surface area contributed by atoms with Crippen molar-refractivity contribution in [2.75, 3.05) is 5.88 Å². The summed E-state index contributed by atoms with van der Waals surface area (Å²) in [4.78, 5) is 0. The summed E-state index contributed by atoms with van der Waals surface area (Å²) in [6.45, 7) is 0. The second-order valence-corrected chi connectivity index (χ2v) is 4.61. The molecule has 0 N–H and O–H groups in total. The van der Waals surface area contributed by atoms with Crippen molar-refractivity contribution < 1.29 is 0 Å². The lowest BCUT2D eigenvalue weighted by molar-refractivity contribution is 0.847. The average molecular weight is 207 g/mol. The van der Waals surface area contributed by atoms with Gasteiger partial charge in [0, 0.05) is 5.88 Å². The van der Waals surface area contributed by atoms with E-state index in [2.05, 4.69) is 23.9 Å². The summed E-state index contributed by atoms with van der Waals surface area (Å²) >= 11 is 5.57. The number of benzene rings is 1. The zero-order chi connectivity index (χ0) is 9.10. The molecule has 66 valence electrons. The second kappa shape index (κ2) is 4.12. The van der Waals surface area contributed by atoms with E-state index in [1.54, 1.807) is 11.1 Å². The van der Waals surface area contributed by atoms with Gasteiger partial charge in [0.2, 0.25) is 0 Å². The molecule has 0 amide bonds. The fourth-order valence-corrected chi connectivity index (χ4v) is 2.88. The number of halogens is 1. The molecular weight excluding hydrogens is 196 g/mol. The summed E-state index contributed by atoms with van der Waals surface area (Å²) in [5, 5.41) is 1.50. The molecule has 2 heteroatoms. The van der Waals surface area contributed by atoms with Crippen LogP contribution in [-0.2, 0) is 12.8 Å². The highest BCUT2D eigenvalue weighted by atomic mass is 35.5. The van der Waals surface area contributed by atoms with Crippen LogP contribution in [0.4, 0.5) is 0 Å². The van der Waals surface area contributed by atoms with Crippen molar-refractivity contribution in [3.63, 3.8) is 0 Å². The van der Waals surface area contributed by atoms with Gasteiger partial charge in [-0.2, -0.15) is 0 Å². The molecule has 0 fully saturated rings. The second-order valence-electron chi connectivity index (χ2n) is 3.14. The molecule has 0 aliphatic heterocycles. The molecular formula is C11H11ClSi. The number of hydrogen-bond acceptors (Lipinski definition) is 0. The minimum absolute atomic E-state index is 0.627. The van der Waals surface area contributed by atoms with E-state index in [0.717, 1.165) is 9.52 Å². The van der Waals surface area contributed by atoms with Crippen molar-refractivity contribution >= 4 is 26.3 Å². The monoisotopic (exact) mass is 206 g/mol. The minimum Gasteiger partial charge on any atom is -0.122 e. The molecule has 0 aromatic heterocycles. The molecule has 0 atom stereocenters. The van der Waals surface area contributed by atoms with E-state index in [4.69, 9.17) is 11.6 Å². The molecule has 0 bridgehead atoms. The molecule has 0 nitrogen and oxygen atoms in total. The first-order chi connectivity index (χ1) is 6.42. The third-order valence-corrected chi connectivity index (χ3v) is 3.72. The maximum atomic E-state index is 5.57. The molecule has 1 aliphatic carbocycles. The van der Waals surface area contributed by atoms with Gasteiger partial charge in [-0.1, -0.05) is 35.2 Å². The van der Waals surface area contributed by atoms with Gasteiger partial charge in [0.15, 0.2) is 0 Å². The predicted molar refractivity (Wildman–Crippen MR) is 59.1 cm³/mol. The van der Waals surface area contributed by atoms with Crippen LogP contribution in [0.1, 0.15) is 11.1 Å². The number of rotatable bonds is 3. The van der Waals surface area contributed by atoms with Crippen molar-refractivity contribution in [2.24, 2.45) is 0 Å². The molecule has 1 aromatic carbocycles. The Balaban J connectivity index is 2.12. The fraction of sp³-hybridized carbons (Fsp3) is 0.273. The highest BCUT2D eigenvalue weighted by Gasteiger charge is 2.15. The molecule has 2 rings (SSSR count). The molecule has 1 aromatic rings. The lowest BCUT2D eigenvalue weighted by Crippen LogP contribution is -2.25. The van der Waals surface area contributed by atoms with Gasteiger partial charge >= 0.3 is 0 Å². The Labute approximate surface area is 86.4 Å². The van der Waals surface area contributed by atoms with Gasteiger partial charge in [-0.15, -0.1) is 11.6 Å². The van der Waals surface area contributed by atoms with Crippen molar-refractivity contribution in [2.45, 2.75) is 12.8 Å². The van der Waals surface area contributed by atoms with Gasteiger partial charge < -0.3 is 0 Å². The Kier molecular flexibility index (Phi) is 2.86. The molecule has 2 radical (unpaired) electrons. The summed E-state index contributed by atoms with van der Waals surface area (Å²) in [5.74, 6) is 0.627. The Morgan fingerprint density at radius 3 is 3.00 bits per heavy atom. The first-order valence-electron chi connectivity index (χ1n) is 4.50. The van der Waals surface area contributed by atoms with Gasteiger partial charge in [0.05, 0.1) is 0 Å². The summed E-state index contributed by atoms with van der Waals surface area (Å²) in [7, 11) is 0.793. The van der Waals surface area contributed by atoms with Crippen molar-refractivity contribution in [1.29, 1.82) is 0 Å². The SMILES string of the molecule is ClCC=C[Si]c1cccc2c1CC2. The smallest absolute Gasteiger partial charge is 0.111 e. The predicted octanol–water partition coefficient (Wildman–Crippen LogP) is 1.87. The van der Waals surface area contributed by atoms with Gasteiger partial charge in [-0.3, -0.25) is 0 Å². The van der Waals surface area contributed by atoms with Gasteiger partial charge in [0.25, 0.3) is 0 Å². The lowest BCUT2D eigenvalue weighted by Gasteiger charge is -2.21. The number of allylic oxidation sites excluding steroid dienone is 1.